The molecule has 0 unspecified atom stereocenters. The monoisotopic (exact) mass is 400 g/mol. The number of hydrogen-bond acceptors (Lipinski definition) is 4. The van der Waals surface area contributed by atoms with Crippen LogP contribution in [0.25, 0.3) is 22.2 Å². The van der Waals surface area contributed by atoms with Gasteiger partial charge in [-0.25, -0.2) is 4.98 Å². The number of rotatable bonds is 9. The molecule has 0 saturated heterocycles. The number of nitrogens with two attached hydrogens (primary N) is 1. The zero-order valence-corrected chi connectivity index (χ0v) is 16.9. The molecule has 1 heterocycles. The fourth-order valence-corrected chi connectivity index (χ4v) is 3.31. The van der Waals surface area contributed by atoms with Crippen molar-refractivity contribution in [2.75, 3.05) is 13.2 Å². The first-order valence-electron chi connectivity index (χ1n) is 9.35. The predicted molar refractivity (Wildman–Crippen MR) is 112 cm³/mol. The molecule has 148 valence electrons. The highest BCUT2D eigenvalue weighted by Crippen LogP contribution is 2.30. The smallest absolute Gasteiger partial charge is 0.234 e. The minimum atomic E-state index is -0.432. The molecular weight excluding hydrogens is 376 g/mol. The van der Waals surface area contributed by atoms with Crippen LogP contribution in [0.3, 0.4) is 0 Å². The van der Waals surface area contributed by atoms with Gasteiger partial charge in [-0.3, -0.25) is 10.1 Å². The Morgan fingerprint density at radius 2 is 2.11 bits per heavy atom. The van der Waals surface area contributed by atoms with Crippen molar-refractivity contribution in [2.45, 2.75) is 33.0 Å². The summed E-state index contributed by atoms with van der Waals surface area (Å²) in [5, 5.41) is 3.83. The third-order valence-electron chi connectivity index (χ3n) is 4.67. The van der Waals surface area contributed by atoms with Crippen LogP contribution in [0.1, 0.15) is 19.7 Å². The Balaban J connectivity index is 1.99. The van der Waals surface area contributed by atoms with E-state index in [1.54, 1.807) is 6.92 Å². The van der Waals surface area contributed by atoms with Crippen LogP contribution in [-0.4, -0.2) is 34.7 Å². The molecule has 1 amide bonds. The van der Waals surface area contributed by atoms with Gasteiger partial charge in [0.05, 0.1) is 30.2 Å². The Morgan fingerprint density at radius 3 is 2.82 bits per heavy atom. The first-order chi connectivity index (χ1) is 13.5. The van der Waals surface area contributed by atoms with Gasteiger partial charge in [0, 0.05) is 23.7 Å². The van der Waals surface area contributed by atoms with Crippen molar-refractivity contribution in [3.8, 4) is 11.1 Å². The van der Waals surface area contributed by atoms with Crippen molar-refractivity contribution in [1.82, 2.24) is 14.9 Å². The van der Waals surface area contributed by atoms with Gasteiger partial charge >= 0.3 is 0 Å². The van der Waals surface area contributed by atoms with E-state index in [-0.39, 0.29) is 0 Å². The van der Waals surface area contributed by atoms with E-state index < -0.39 is 11.9 Å². The molecule has 0 aliphatic carbocycles. The average molecular weight is 401 g/mol. The number of imidazole rings is 1. The van der Waals surface area contributed by atoms with Crippen molar-refractivity contribution in [3.05, 3.63) is 53.3 Å². The van der Waals surface area contributed by atoms with Crippen molar-refractivity contribution in [3.63, 3.8) is 0 Å². The molecule has 2 aromatic carbocycles. The van der Waals surface area contributed by atoms with E-state index in [1.807, 2.05) is 43.3 Å². The largest absolute Gasteiger partial charge is 0.380 e. The van der Waals surface area contributed by atoms with Crippen LogP contribution in [0, 0.1) is 0 Å². The van der Waals surface area contributed by atoms with Crippen LogP contribution in [0.15, 0.2) is 42.5 Å². The number of carbonyl (C=O) groups excluding carboxylic acids is 1. The van der Waals surface area contributed by atoms with E-state index in [2.05, 4.69) is 16.0 Å². The van der Waals surface area contributed by atoms with Gasteiger partial charge in [0.25, 0.3) is 0 Å². The molecule has 0 aliphatic heterocycles. The molecule has 6 nitrogen and oxygen atoms in total. The first kappa shape index (κ1) is 20.3. The summed E-state index contributed by atoms with van der Waals surface area (Å²) in [5.41, 5.74) is 9.24. The van der Waals surface area contributed by atoms with E-state index in [0.717, 1.165) is 28.0 Å². The number of carbonyl (C=O) groups is 1. The molecule has 3 aromatic rings. The van der Waals surface area contributed by atoms with Crippen LogP contribution in [0.5, 0.6) is 0 Å². The highest BCUT2D eigenvalue weighted by molar-refractivity contribution is 6.33. The Kier molecular flexibility index (Phi) is 6.67. The second-order valence-electron chi connectivity index (χ2n) is 6.56. The van der Waals surface area contributed by atoms with Crippen molar-refractivity contribution < 1.29 is 9.53 Å². The number of amides is 1. The molecule has 7 heteroatoms. The summed E-state index contributed by atoms with van der Waals surface area (Å²) in [6.45, 7) is 6.05. The average Bonchev–Trinajstić information content (AvgIpc) is 3.03. The molecule has 3 rings (SSSR count). The van der Waals surface area contributed by atoms with Crippen molar-refractivity contribution in [1.29, 1.82) is 0 Å². The lowest BCUT2D eigenvalue weighted by Gasteiger charge is -2.13. The number of fused-ring (bicyclic) bond motifs is 1. The highest BCUT2D eigenvalue weighted by Gasteiger charge is 2.15. The zero-order valence-electron chi connectivity index (χ0n) is 16.1. The third kappa shape index (κ3) is 4.52. The Hall–Kier alpha value is -2.41. The number of hydrogen-bond donors (Lipinski definition) is 2. The Bertz CT molecular complexity index is 970. The summed E-state index contributed by atoms with van der Waals surface area (Å²) < 4.78 is 7.66. The zero-order chi connectivity index (χ0) is 20.1. The number of benzene rings is 2. The van der Waals surface area contributed by atoms with Gasteiger partial charge in [0.15, 0.2) is 0 Å². The normalized spacial score (nSPS) is 12.4. The van der Waals surface area contributed by atoms with E-state index in [9.17, 15) is 4.79 Å². The summed E-state index contributed by atoms with van der Waals surface area (Å²) in [4.78, 5) is 16.1. The van der Waals surface area contributed by atoms with E-state index in [0.29, 0.717) is 31.3 Å². The second-order valence-corrected chi connectivity index (χ2v) is 6.97. The molecule has 0 saturated carbocycles. The maximum absolute atomic E-state index is 11.3. The van der Waals surface area contributed by atoms with Crippen LogP contribution in [0.2, 0.25) is 5.02 Å². The molecule has 0 radical (unpaired) electrons. The predicted octanol–water partition coefficient (Wildman–Crippen LogP) is 3.36. The second kappa shape index (κ2) is 9.19. The Labute approximate surface area is 169 Å². The lowest BCUT2D eigenvalue weighted by Crippen LogP contribution is -2.38. The van der Waals surface area contributed by atoms with Crippen LogP contribution in [0.4, 0.5) is 0 Å². The minimum Gasteiger partial charge on any atom is -0.380 e. The van der Waals surface area contributed by atoms with E-state index in [1.165, 1.54) is 0 Å². The molecule has 0 aliphatic rings. The molecule has 0 fully saturated rings. The van der Waals surface area contributed by atoms with Crippen LogP contribution in [-0.2, 0) is 22.6 Å². The first-order valence-corrected chi connectivity index (χ1v) is 9.73. The fraction of sp³-hybridized carbons (Fsp3) is 0.333. The summed E-state index contributed by atoms with van der Waals surface area (Å²) in [5.74, 6) is 0.442. The maximum Gasteiger partial charge on any atom is 0.234 e. The van der Waals surface area contributed by atoms with Gasteiger partial charge in [0.1, 0.15) is 5.82 Å². The number of aromatic nitrogens is 2. The number of nitrogens with one attached hydrogen (secondary N) is 1. The molecule has 0 spiro atoms. The number of halogens is 1. The van der Waals surface area contributed by atoms with Gasteiger partial charge < -0.3 is 15.0 Å². The standard InChI is InChI=1S/C21H25ClN4O2/c1-3-28-11-10-26-19-12-15(16-6-4-5-7-17(16)22)8-9-18(19)25-20(26)13-24-14(2)21(23)27/h4-9,12,14,24H,3,10-11,13H2,1-2H3,(H2,23,27)/t14-/m0/s1. The van der Waals surface area contributed by atoms with Crippen molar-refractivity contribution >= 4 is 28.5 Å². The highest BCUT2D eigenvalue weighted by atomic mass is 35.5. The summed E-state index contributed by atoms with van der Waals surface area (Å²) >= 11 is 6.38. The number of primary amides is 1. The topological polar surface area (TPSA) is 82.2 Å². The minimum absolute atomic E-state index is 0.391. The lowest BCUT2D eigenvalue weighted by atomic mass is 10.1. The third-order valence-corrected chi connectivity index (χ3v) is 5.00. The summed E-state index contributed by atoms with van der Waals surface area (Å²) in [6.07, 6.45) is 0. The van der Waals surface area contributed by atoms with Gasteiger partial charge in [-0.1, -0.05) is 35.9 Å². The van der Waals surface area contributed by atoms with Crippen molar-refractivity contribution in [2.24, 2.45) is 5.73 Å². The molecule has 28 heavy (non-hydrogen) atoms. The van der Waals surface area contributed by atoms with Gasteiger partial charge in [-0.2, -0.15) is 0 Å². The molecule has 1 atom stereocenters. The fourth-order valence-electron chi connectivity index (χ4n) is 3.07. The van der Waals surface area contributed by atoms with E-state index >= 15 is 0 Å². The molecule has 1 aromatic heterocycles. The van der Waals surface area contributed by atoms with E-state index in [4.69, 9.17) is 27.1 Å². The quantitative estimate of drug-likeness (QED) is 0.539. The van der Waals surface area contributed by atoms with Crippen LogP contribution < -0.4 is 11.1 Å². The Morgan fingerprint density at radius 1 is 1.32 bits per heavy atom. The summed E-state index contributed by atoms with van der Waals surface area (Å²) in [7, 11) is 0. The summed E-state index contributed by atoms with van der Waals surface area (Å²) in [6, 6.07) is 13.4. The van der Waals surface area contributed by atoms with Gasteiger partial charge in [-0.05, 0) is 37.6 Å². The maximum atomic E-state index is 11.3. The van der Waals surface area contributed by atoms with Gasteiger partial charge in [-0.15, -0.1) is 0 Å². The number of nitrogens with zero attached hydrogens (tertiary/aromatic N) is 2. The van der Waals surface area contributed by atoms with Gasteiger partial charge in [0.2, 0.25) is 5.91 Å². The molecule has 0 bridgehead atoms. The lowest BCUT2D eigenvalue weighted by molar-refractivity contribution is -0.119. The molecular formula is C21H25ClN4O2. The molecule has 3 N–H and O–H groups in total. The van der Waals surface area contributed by atoms with Crippen LogP contribution >= 0.6 is 11.6 Å². The SMILES string of the molecule is CCOCCn1c(CN[C@@H](C)C(N)=O)nc2ccc(-c3ccccc3Cl)cc21. The number of ether oxygens (including phenoxy) is 1.